The lowest BCUT2D eigenvalue weighted by molar-refractivity contribution is -0.127. The predicted molar refractivity (Wildman–Crippen MR) is 140 cm³/mol. The summed E-state index contributed by atoms with van der Waals surface area (Å²) in [6.07, 6.45) is 0. The minimum absolute atomic E-state index is 0.0410. The smallest absolute Gasteiger partial charge is 0.270 e. The van der Waals surface area contributed by atoms with Crippen molar-refractivity contribution in [3.8, 4) is 5.75 Å². The fraction of sp³-hybridized carbons (Fsp3) is 0.308. The Bertz CT molecular complexity index is 1220. The molecule has 2 aromatic carbocycles. The number of nitrogens with two attached hydrogens (primary N) is 2. The fourth-order valence-corrected chi connectivity index (χ4v) is 4.41. The van der Waals surface area contributed by atoms with Crippen LogP contribution < -0.4 is 21.5 Å². The van der Waals surface area contributed by atoms with E-state index in [1.165, 1.54) is 4.90 Å². The maximum Gasteiger partial charge on any atom is 0.270 e. The molecular weight excluding hydrogens is 478 g/mol. The second-order valence-electron chi connectivity index (χ2n) is 9.20. The van der Waals surface area contributed by atoms with Crippen molar-refractivity contribution in [2.75, 3.05) is 12.3 Å². The summed E-state index contributed by atoms with van der Waals surface area (Å²) in [6.45, 7) is 8.09. The van der Waals surface area contributed by atoms with E-state index < -0.39 is 23.4 Å². The minimum atomic E-state index is -1.01. The van der Waals surface area contributed by atoms with Gasteiger partial charge in [0.25, 0.3) is 11.8 Å². The van der Waals surface area contributed by atoms with Crippen molar-refractivity contribution >= 4 is 34.9 Å². The number of carbonyl (C=O) groups is 3. The molecule has 0 radical (unpaired) electrons. The summed E-state index contributed by atoms with van der Waals surface area (Å²) in [7, 11) is 0. The van der Waals surface area contributed by atoms with Gasteiger partial charge < -0.3 is 26.4 Å². The Morgan fingerprint density at radius 1 is 1.08 bits per heavy atom. The average molecular weight is 510 g/mol. The van der Waals surface area contributed by atoms with Gasteiger partial charge in [0.1, 0.15) is 16.7 Å². The molecule has 1 atom stereocenters. The molecule has 0 aliphatic heterocycles. The maximum absolute atomic E-state index is 13.9. The number of primary amides is 1. The van der Waals surface area contributed by atoms with Crippen molar-refractivity contribution in [1.29, 1.82) is 0 Å². The van der Waals surface area contributed by atoms with Crippen LogP contribution in [-0.4, -0.2) is 39.1 Å². The zero-order valence-corrected chi connectivity index (χ0v) is 21.6. The van der Waals surface area contributed by atoms with Gasteiger partial charge in [0.2, 0.25) is 5.91 Å². The Hall–Kier alpha value is -3.92. The lowest BCUT2D eigenvalue weighted by atomic mass is 10.00. The minimum Gasteiger partial charge on any atom is -0.494 e. The van der Waals surface area contributed by atoms with Crippen LogP contribution in [0.3, 0.4) is 0 Å². The van der Waals surface area contributed by atoms with Crippen LogP contribution in [0.15, 0.2) is 54.6 Å². The van der Waals surface area contributed by atoms with Crippen molar-refractivity contribution in [3.05, 3.63) is 76.3 Å². The number of hydrogen-bond acceptors (Lipinski definition) is 7. The number of nitrogens with one attached hydrogen (secondary N) is 1. The van der Waals surface area contributed by atoms with Gasteiger partial charge in [-0.2, -0.15) is 4.37 Å². The predicted octanol–water partition coefficient (Wildman–Crippen LogP) is 3.52. The Balaban J connectivity index is 2.14. The number of amides is 3. The van der Waals surface area contributed by atoms with E-state index in [1.807, 2.05) is 58.0 Å². The number of carbonyl (C=O) groups excluding carboxylic acids is 3. The van der Waals surface area contributed by atoms with Gasteiger partial charge in [-0.25, -0.2) is 0 Å². The zero-order valence-electron chi connectivity index (χ0n) is 20.8. The molecule has 1 heterocycles. The third kappa shape index (κ3) is 6.39. The molecule has 0 aliphatic carbocycles. The van der Waals surface area contributed by atoms with Gasteiger partial charge in [-0.1, -0.05) is 42.5 Å². The largest absolute Gasteiger partial charge is 0.494 e. The SMILES string of the molecule is CCOc1ccc([C@H](C(=O)NC(C)(C)C)N(Cc2ccccc2)C(=O)c2snc(C(N)=O)c2N)cc1. The molecule has 0 aliphatic rings. The summed E-state index contributed by atoms with van der Waals surface area (Å²) in [4.78, 5) is 40.8. The number of nitrogen functional groups attached to an aromatic ring is 1. The summed E-state index contributed by atoms with van der Waals surface area (Å²) in [6, 6.07) is 15.3. The third-order valence-electron chi connectivity index (χ3n) is 5.18. The van der Waals surface area contributed by atoms with Gasteiger partial charge in [0.05, 0.1) is 12.3 Å². The summed E-state index contributed by atoms with van der Waals surface area (Å²) in [5, 5.41) is 2.99. The van der Waals surface area contributed by atoms with Gasteiger partial charge in [0.15, 0.2) is 5.69 Å². The first-order valence-corrected chi connectivity index (χ1v) is 12.2. The molecule has 190 valence electrons. The van der Waals surface area contributed by atoms with Gasteiger partial charge in [-0.15, -0.1) is 0 Å². The number of ether oxygens (including phenoxy) is 1. The molecular formula is C26H31N5O4S. The summed E-state index contributed by atoms with van der Waals surface area (Å²) in [5.74, 6) is -1.08. The van der Waals surface area contributed by atoms with Crippen LogP contribution in [-0.2, 0) is 11.3 Å². The number of hydrogen-bond donors (Lipinski definition) is 3. The molecule has 3 aromatic rings. The first-order chi connectivity index (χ1) is 17.0. The molecule has 0 saturated carbocycles. The highest BCUT2D eigenvalue weighted by atomic mass is 32.1. The van der Waals surface area contributed by atoms with Crippen molar-refractivity contribution in [1.82, 2.24) is 14.6 Å². The molecule has 9 nitrogen and oxygen atoms in total. The summed E-state index contributed by atoms with van der Waals surface area (Å²) in [5.41, 5.74) is 12.0. The van der Waals surface area contributed by atoms with Crippen LogP contribution in [0.5, 0.6) is 5.75 Å². The molecule has 0 saturated heterocycles. The Kier molecular flexibility index (Phi) is 8.31. The maximum atomic E-state index is 13.9. The molecule has 0 unspecified atom stereocenters. The van der Waals surface area contributed by atoms with E-state index >= 15 is 0 Å². The second-order valence-corrected chi connectivity index (χ2v) is 9.97. The van der Waals surface area contributed by atoms with Crippen LogP contribution >= 0.6 is 11.5 Å². The molecule has 0 bridgehead atoms. The number of benzene rings is 2. The normalized spacial score (nSPS) is 12.0. The highest BCUT2D eigenvalue weighted by Gasteiger charge is 2.36. The Labute approximate surface area is 214 Å². The number of aromatic nitrogens is 1. The monoisotopic (exact) mass is 509 g/mol. The van der Waals surface area contributed by atoms with E-state index in [0.717, 1.165) is 17.1 Å². The number of nitrogens with zero attached hydrogens (tertiary/aromatic N) is 2. The van der Waals surface area contributed by atoms with Gasteiger partial charge >= 0.3 is 0 Å². The highest BCUT2D eigenvalue weighted by Crippen LogP contribution is 2.31. The molecule has 1 aromatic heterocycles. The number of rotatable bonds is 9. The highest BCUT2D eigenvalue weighted by molar-refractivity contribution is 7.09. The van der Waals surface area contributed by atoms with Crippen LogP contribution in [0, 0.1) is 0 Å². The standard InChI is InChI=1S/C26H31N5O4S/c1-5-35-18-13-11-17(12-14-18)21(24(33)29-26(2,3)4)31(15-16-9-7-6-8-10-16)25(34)22-19(27)20(23(28)32)30-36-22/h6-14,21H,5,15,27H2,1-4H3,(H2,28,32)(H,29,33)/t21-/m1/s1. The average Bonchev–Trinajstić information content (AvgIpc) is 3.20. The van der Waals surface area contributed by atoms with Crippen LogP contribution in [0.25, 0.3) is 0 Å². The van der Waals surface area contributed by atoms with Crippen LogP contribution in [0.1, 0.15) is 65.0 Å². The van der Waals surface area contributed by atoms with E-state index in [0.29, 0.717) is 17.9 Å². The lowest BCUT2D eigenvalue weighted by Gasteiger charge is -2.33. The molecule has 3 rings (SSSR count). The van der Waals surface area contributed by atoms with Crippen molar-refractivity contribution in [3.63, 3.8) is 0 Å². The van der Waals surface area contributed by atoms with Crippen molar-refractivity contribution < 1.29 is 19.1 Å². The Morgan fingerprint density at radius 2 is 1.72 bits per heavy atom. The summed E-state index contributed by atoms with van der Waals surface area (Å²) < 4.78 is 9.52. The Morgan fingerprint density at radius 3 is 2.25 bits per heavy atom. The summed E-state index contributed by atoms with van der Waals surface area (Å²) >= 11 is 0.779. The first-order valence-electron chi connectivity index (χ1n) is 11.5. The molecule has 0 fully saturated rings. The second kappa shape index (κ2) is 11.2. The quantitative estimate of drug-likeness (QED) is 0.403. The molecule has 5 N–H and O–H groups in total. The van der Waals surface area contributed by atoms with Gasteiger partial charge in [0, 0.05) is 12.1 Å². The van der Waals surface area contributed by atoms with E-state index in [-0.39, 0.29) is 28.7 Å². The fourth-order valence-electron chi connectivity index (χ4n) is 3.64. The van der Waals surface area contributed by atoms with Crippen molar-refractivity contribution in [2.24, 2.45) is 5.73 Å². The molecule has 36 heavy (non-hydrogen) atoms. The van der Waals surface area contributed by atoms with E-state index in [4.69, 9.17) is 16.2 Å². The number of anilines is 1. The lowest BCUT2D eigenvalue weighted by Crippen LogP contribution is -2.49. The zero-order chi connectivity index (χ0) is 26.5. The molecule has 10 heteroatoms. The van der Waals surface area contributed by atoms with E-state index in [1.54, 1.807) is 24.3 Å². The van der Waals surface area contributed by atoms with E-state index in [9.17, 15) is 14.4 Å². The van der Waals surface area contributed by atoms with Crippen LogP contribution in [0.4, 0.5) is 5.69 Å². The first kappa shape index (κ1) is 26.7. The topological polar surface area (TPSA) is 141 Å². The molecule has 3 amide bonds. The van der Waals surface area contributed by atoms with Gasteiger partial charge in [-0.3, -0.25) is 14.4 Å². The van der Waals surface area contributed by atoms with Gasteiger partial charge in [-0.05, 0) is 62.5 Å². The van der Waals surface area contributed by atoms with E-state index in [2.05, 4.69) is 9.69 Å². The van der Waals surface area contributed by atoms with Crippen molar-refractivity contribution in [2.45, 2.75) is 45.8 Å². The molecule has 0 spiro atoms. The third-order valence-corrected chi connectivity index (χ3v) is 6.03. The van der Waals surface area contributed by atoms with Crippen LogP contribution in [0.2, 0.25) is 0 Å².